The number of carboxylic acids is 1. The number of thiazole rings is 1. The summed E-state index contributed by atoms with van der Waals surface area (Å²) in [4.78, 5) is 55.1. The van der Waals surface area contributed by atoms with Crippen LogP contribution in [0.1, 0.15) is 29.7 Å². The predicted octanol–water partition coefficient (Wildman–Crippen LogP) is 3.04. The molecule has 0 unspecified atom stereocenters. The highest BCUT2D eigenvalue weighted by molar-refractivity contribution is 8.00. The van der Waals surface area contributed by atoms with E-state index in [1.807, 2.05) is 24.3 Å². The lowest BCUT2D eigenvalue weighted by atomic mass is 9.68. The average Bonchev–Trinajstić information content (AvgIpc) is 3.47. The zero-order chi connectivity index (χ0) is 22.5. The van der Waals surface area contributed by atoms with Gasteiger partial charge in [0.15, 0.2) is 0 Å². The van der Waals surface area contributed by atoms with Crippen molar-refractivity contribution in [2.24, 2.45) is 29.6 Å². The second kappa shape index (κ2) is 6.95. The minimum absolute atomic E-state index is 0.0196. The van der Waals surface area contributed by atoms with E-state index >= 15 is 0 Å². The molecule has 1 aromatic heterocycles. The first-order valence-corrected chi connectivity index (χ1v) is 12.6. The Hall–Kier alpha value is -2.10. The van der Waals surface area contributed by atoms with Crippen LogP contribution >= 0.6 is 34.7 Å². The van der Waals surface area contributed by atoms with E-state index in [1.165, 1.54) is 18.3 Å². The van der Waals surface area contributed by atoms with Crippen LogP contribution in [0, 0.1) is 29.6 Å². The Labute approximate surface area is 196 Å². The summed E-state index contributed by atoms with van der Waals surface area (Å²) in [5, 5.41) is 11.0. The summed E-state index contributed by atoms with van der Waals surface area (Å²) in [6.45, 7) is 1.39. The number of carboxylic acid groups (broad SMARTS) is 1. The van der Waals surface area contributed by atoms with Crippen LogP contribution in [0.4, 0.5) is 0 Å². The fourth-order valence-electron chi connectivity index (χ4n) is 6.58. The van der Waals surface area contributed by atoms with Crippen LogP contribution in [0.25, 0.3) is 0 Å². The smallest absolute Gasteiger partial charge is 0.326 e. The summed E-state index contributed by atoms with van der Waals surface area (Å²) >= 11 is 8.93. The van der Waals surface area contributed by atoms with Crippen molar-refractivity contribution in [1.29, 1.82) is 0 Å². The fourth-order valence-corrected chi connectivity index (χ4v) is 9.59. The third-order valence-electron chi connectivity index (χ3n) is 7.73. The third kappa shape index (κ3) is 2.61. The minimum Gasteiger partial charge on any atom is -0.480 e. The van der Waals surface area contributed by atoms with Crippen LogP contribution < -0.4 is 4.87 Å². The van der Waals surface area contributed by atoms with Crippen molar-refractivity contribution in [3.05, 3.63) is 49.4 Å². The molecule has 2 N–H and O–H groups in total. The van der Waals surface area contributed by atoms with E-state index in [9.17, 15) is 24.3 Å². The first-order valence-electron chi connectivity index (χ1n) is 10.5. The lowest BCUT2D eigenvalue weighted by Gasteiger charge is -2.43. The molecule has 2 aliphatic heterocycles. The van der Waals surface area contributed by atoms with E-state index in [1.54, 1.807) is 11.8 Å². The number of halogens is 1. The zero-order valence-electron chi connectivity index (χ0n) is 16.9. The maximum Gasteiger partial charge on any atom is 0.326 e. The molecule has 1 saturated heterocycles. The van der Waals surface area contributed by atoms with Crippen molar-refractivity contribution >= 4 is 52.5 Å². The Morgan fingerprint density at radius 3 is 2.47 bits per heavy atom. The molecule has 8 atom stereocenters. The maximum absolute atomic E-state index is 13.3. The van der Waals surface area contributed by atoms with Gasteiger partial charge in [0.2, 0.25) is 11.8 Å². The van der Waals surface area contributed by atoms with E-state index < -0.39 is 23.8 Å². The molecule has 0 spiro atoms. The van der Waals surface area contributed by atoms with E-state index in [-0.39, 0.29) is 45.6 Å². The minimum atomic E-state index is -1.18. The number of hydrogen-bond donors (Lipinski definition) is 2. The number of benzene rings is 1. The molecule has 2 saturated carbocycles. The monoisotopic (exact) mass is 490 g/mol. The average molecular weight is 491 g/mol. The van der Waals surface area contributed by atoms with Crippen LogP contribution in [-0.4, -0.2) is 44.1 Å². The van der Waals surface area contributed by atoms with Crippen LogP contribution in [-0.2, 0) is 14.4 Å². The van der Waals surface area contributed by atoms with E-state index in [2.05, 4.69) is 4.98 Å². The Morgan fingerprint density at radius 2 is 1.81 bits per heavy atom. The second-order valence-corrected chi connectivity index (χ2v) is 11.7. The number of imide groups is 1. The van der Waals surface area contributed by atoms with Gasteiger partial charge in [0.25, 0.3) is 0 Å². The van der Waals surface area contributed by atoms with Crippen molar-refractivity contribution in [1.82, 2.24) is 9.88 Å². The topological polar surface area (TPSA) is 108 Å². The Morgan fingerprint density at radius 1 is 1.16 bits per heavy atom. The normalized spacial score (nSPS) is 35.6. The molecule has 4 aliphatic rings. The molecular weight excluding hydrogens is 472 g/mol. The van der Waals surface area contributed by atoms with E-state index in [0.717, 1.165) is 26.8 Å². The number of thioether (sulfide) groups is 1. The van der Waals surface area contributed by atoms with Crippen LogP contribution in [0.3, 0.4) is 0 Å². The molecule has 166 valence electrons. The zero-order valence-corrected chi connectivity index (χ0v) is 19.2. The molecule has 7 nitrogen and oxygen atoms in total. The fraction of sp³-hybridized carbons (Fsp3) is 0.455. The number of H-pyrrole nitrogens is 1. The van der Waals surface area contributed by atoms with Gasteiger partial charge in [-0.1, -0.05) is 35.1 Å². The number of carbonyl (C=O) groups excluding carboxylic acids is 2. The summed E-state index contributed by atoms with van der Waals surface area (Å²) in [5.41, 5.74) is 1.04. The standard InChI is InChI=1S/C22H19ClN2O5S2/c1-7(21(28)29)25-19(26)14-10-6-11(15(14)20(25)27)16-13(10)12(8-2-4-9(23)5-3-8)17-18(31-16)24-22(30)32-17/h2-5,7,10-16H,6H2,1H3,(H,24,30)(H,28,29)/t7-,10-,11+,12+,13+,14+,15+,16-/m1/s1. The first-order chi connectivity index (χ1) is 15.3. The van der Waals surface area contributed by atoms with Crippen molar-refractivity contribution in [2.75, 3.05) is 0 Å². The largest absolute Gasteiger partial charge is 0.480 e. The molecule has 3 heterocycles. The Kier molecular flexibility index (Phi) is 4.45. The second-order valence-electron chi connectivity index (χ2n) is 9.07. The molecule has 0 radical (unpaired) electrons. The lowest BCUT2D eigenvalue weighted by molar-refractivity contribution is -0.154. The van der Waals surface area contributed by atoms with Crippen LogP contribution in [0.15, 0.2) is 34.1 Å². The van der Waals surface area contributed by atoms with Crippen LogP contribution in [0.5, 0.6) is 0 Å². The summed E-state index contributed by atoms with van der Waals surface area (Å²) < 4.78 is 0. The molecule has 6 rings (SSSR count). The molecule has 1 aromatic carbocycles. The van der Waals surface area contributed by atoms with Gasteiger partial charge in [-0.2, -0.15) is 0 Å². The summed E-state index contributed by atoms with van der Waals surface area (Å²) in [7, 11) is 0. The lowest BCUT2D eigenvalue weighted by Crippen LogP contribution is -2.44. The van der Waals surface area contributed by atoms with Gasteiger partial charge in [-0.25, -0.2) is 4.79 Å². The van der Waals surface area contributed by atoms with Gasteiger partial charge >= 0.3 is 10.8 Å². The highest BCUT2D eigenvalue weighted by atomic mass is 35.5. The van der Waals surface area contributed by atoms with E-state index in [0.29, 0.717) is 5.02 Å². The maximum atomic E-state index is 13.3. The molecular formula is C22H19ClN2O5S2. The predicted molar refractivity (Wildman–Crippen MR) is 119 cm³/mol. The molecule has 3 fully saturated rings. The van der Waals surface area contributed by atoms with E-state index in [4.69, 9.17) is 11.6 Å². The highest BCUT2D eigenvalue weighted by Gasteiger charge is 2.70. The van der Waals surface area contributed by atoms with Gasteiger partial charge in [0.1, 0.15) is 6.04 Å². The summed E-state index contributed by atoms with van der Waals surface area (Å²) in [6.07, 6.45) is 0.772. The van der Waals surface area contributed by atoms with Crippen molar-refractivity contribution in [2.45, 2.75) is 35.6 Å². The number of aliphatic carboxylic acids is 1. The quantitative estimate of drug-likeness (QED) is 0.640. The van der Waals surface area contributed by atoms with Crippen molar-refractivity contribution in [3.8, 4) is 0 Å². The number of carbonyl (C=O) groups is 3. The third-order valence-corrected chi connectivity index (χ3v) is 10.6. The number of likely N-dealkylation sites (tertiary alicyclic amines) is 1. The molecule has 2 amide bonds. The van der Waals surface area contributed by atoms with Gasteiger partial charge in [-0.05, 0) is 48.8 Å². The number of fused-ring (bicyclic) bond motifs is 9. The number of rotatable bonds is 3. The first kappa shape index (κ1) is 20.5. The van der Waals surface area contributed by atoms with Crippen LogP contribution in [0.2, 0.25) is 5.02 Å². The number of nitrogens with zero attached hydrogens (tertiary/aromatic N) is 1. The van der Waals surface area contributed by atoms with Gasteiger partial charge in [0.05, 0.1) is 16.9 Å². The number of hydrogen-bond acceptors (Lipinski definition) is 6. The van der Waals surface area contributed by atoms with Crippen molar-refractivity contribution < 1.29 is 19.5 Å². The van der Waals surface area contributed by atoms with Gasteiger partial charge in [-0.3, -0.25) is 19.3 Å². The number of nitrogens with one attached hydrogen (secondary N) is 1. The highest BCUT2D eigenvalue weighted by Crippen LogP contribution is 2.68. The Bertz CT molecular complexity index is 1220. The number of aromatic amines is 1. The van der Waals surface area contributed by atoms with Gasteiger partial charge in [0, 0.05) is 21.1 Å². The number of amides is 2. The van der Waals surface area contributed by atoms with Gasteiger partial charge in [-0.15, -0.1) is 11.8 Å². The van der Waals surface area contributed by atoms with Crippen molar-refractivity contribution in [3.63, 3.8) is 0 Å². The molecule has 2 aliphatic carbocycles. The SMILES string of the molecule is C[C@H](C(=O)O)N1C(=O)[C@H]2[C@@H]3C[C@@H]([C@@H]2C1=O)[C@H]1[C@H](c2ccc(Cl)cc2)c2sc(=O)[nH]c2S[C@H]31. The number of aromatic nitrogens is 1. The van der Waals surface area contributed by atoms with Gasteiger partial charge < -0.3 is 10.1 Å². The summed E-state index contributed by atoms with van der Waals surface area (Å²) in [5.74, 6) is -2.87. The molecule has 32 heavy (non-hydrogen) atoms. The molecule has 2 aromatic rings. The molecule has 2 bridgehead atoms. The molecule has 10 heteroatoms. The Balaban J connectivity index is 1.45. The summed E-state index contributed by atoms with van der Waals surface area (Å²) in [6, 6.07) is 6.44.